The summed E-state index contributed by atoms with van der Waals surface area (Å²) in [4.78, 5) is 10.0. The van der Waals surface area contributed by atoms with E-state index in [4.69, 9.17) is 13.6 Å². The van der Waals surface area contributed by atoms with E-state index in [0.717, 1.165) is 18.2 Å². The molecule has 1 heterocycles. The number of nitro groups is 1. The van der Waals surface area contributed by atoms with Gasteiger partial charge >= 0.3 is 7.82 Å². The topological polar surface area (TPSA) is 87.9 Å². The molecule has 1 fully saturated rings. The van der Waals surface area contributed by atoms with Crippen LogP contribution in [0.1, 0.15) is 18.1 Å². The number of non-ortho nitro benzene ring substituents is 1. The average Bonchev–Trinajstić information content (AvgIpc) is 2.54. The Bertz CT molecular complexity index is 824. The molecule has 1 aliphatic heterocycles. The van der Waals surface area contributed by atoms with Gasteiger partial charge in [0.15, 0.2) is 0 Å². The lowest BCUT2D eigenvalue weighted by Crippen LogP contribution is -2.17. The van der Waals surface area contributed by atoms with Gasteiger partial charge in [0, 0.05) is 24.6 Å². The van der Waals surface area contributed by atoms with Crippen molar-refractivity contribution in [2.24, 2.45) is 0 Å². The number of rotatable bonds is 4. The number of phosphoric acid groups is 1. The molecule has 0 bridgehead atoms. The summed E-state index contributed by atoms with van der Waals surface area (Å²) in [6.45, 7) is -0.00689. The number of phosphoric ester groups is 1. The molecule has 1 saturated heterocycles. The number of nitrogens with zero attached hydrogens (tertiary/aromatic N) is 1. The highest BCUT2D eigenvalue weighted by atomic mass is 31.2. The third-order valence-corrected chi connectivity index (χ3v) is 4.85. The van der Waals surface area contributed by atoms with Crippen molar-refractivity contribution < 1.29 is 31.8 Å². The number of nitro benzene ring substituents is 1. The molecule has 0 radical (unpaired) electrons. The van der Waals surface area contributed by atoms with E-state index < -0.39 is 30.5 Å². The first-order valence-electron chi connectivity index (χ1n) is 7.18. The Labute approximate surface area is 140 Å². The summed E-state index contributed by atoms with van der Waals surface area (Å²) < 4.78 is 54.8. The van der Waals surface area contributed by atoms with Gasteiger partial charge in [-0.15, -0.1) is 0 Å². The predicted octanol–water partition coefficient (Wildman–Crippen LogP) is 4.54. The summed E-state index contributed by atoms with van der Waals surface area (Å²) >= 11 is 0. The van der Waals surface area contributed by atoms with Crippen LogP contribution < -0.4 is 4.52 Å². The fourth-order valence-corrected chi connectivity index (χ4v) is 3.71. The van der Waals surface area contributed by atoms with Crippen LogP contribution in [0.3, 0.4) is 0 Å². The van der Waals surface area contributed by atoms with Gasteiger partial charge in [0.25, 0.3) is 5.69 Å². The van der Waals surface area contributed by atoms with Gasteiger partial charge in [0.1, 0.15) is 17.4 Å². The molecule has 2 aromatic rings. The van der Waals surface area contributed by atoms with E-state index in [2.05, 4.69) is 0 Å². The van der Waals surface area contributed by atoms with Crippen molar-refractivity contribution in [3.05, 3.63) is 69.8 Å². The lowest BCUT2D eigenvalue weighted by Gasteiger charge is -2.29. The molecule has 0 saturated carbocycles. The van der Waals surface area contributed by atoms with Crippen LogP contribution in [-0.2, 0) is 13.6 Å². The third kappa shape index (κ3) is 4.19. The Morgan fingerprint density at radius 2 is 1.80 bits per heavy atom. The minimum Gasteiger partial charge on any atom is -0.404 e. The van der Waals surface area contributed by atoms with Gasteiger partial charge in [0.05, 0.1) is 17.6 Å². The van der Waals surface area contributed by atoms with Crippen LogP contribution in [0.15, 0.2) is 42.5 Å². The molecule has 0 spiro atoms. The van der Waals surface area contributed by atoms with Gasteiger partial charge in [-0.05, 0) is 29.8 Å². The van der Waals surface area contributed by atoms with E-state index in [1.165, 1.54) is 24.3 Å². The maximum absolute atomic E-state index is 13.3. The summed E-state index contributed by atoms with van der Waals surface area (Å²) in [7, 11) is -4.04. The summed E-state index contributed by atoms with van der Waals surface area (Å²) in [5.74, 6) is -1.52. The van der Waals surface area contributed by atoms with Crippen molar-refractivity contribution in [3.8, 4) is 5.75 Å². The fraction of sp³-hybridized carbons (Fsp3) is 0.200. The number of benzene rings is 2. The molecule has 2 aromatic carbocycles. The van der Waals surface area contributed by atoms with Gasteiger partial charge in [-0.3, -0.25) is 19.2 Å². The molecule has 1 aliphatic rings. The first kappa shape index (κ1) is 17.5. The van der Waals surface area contributed by atoms with Crippen molar-refractivity contribution in [1.82, 2.24) is 0 Å². The first-order valence-corrected chi connectivity index (χ1v) is 8.64. The Morgan fingerprint density at radius 1 is 1.16 bits per heavy atom. The second kappa shape index (κ2) is 6.87. The van der Waals surface area contributed by atoms with Crippen molar-refractivity contribution in [2.45, 2.75) is 12.5 Å². The van der Waals surface area contributed by atoms with Gasteiger partial charge in [0.2, 0.25) is 0 Å². The molecule has 25 heavy (non-hydrogen) atoms. The monoisotopic (exact) mass is 371 g/mol. The van der Waals surface area contributed by atoms with Gasteiger partial charge in [-0.25, -0.2) is 13.3 Å². The smallest absolute Gasteiger partial charge is 0.404 e. The minimum atomic E-state index is -4.04. The molecule has 0 amide bonds. The molecule has 0 aliphatic carbocycles. The summed E-state index contributed by atoms with van der Waals surface area (Å²) in [5.41, 5.74) is 0.0116. The molecule has 7 nitrogen and oxygen atoms in total. The largest absolute Gasteiger partial charge is 0.530 e. The van der Waals surface area contributed by atoms with E-state index in [9.17, 15) is 23.5 Å². The lowest BCUT2D eigenvalue weighted by atomic mass is 10.1. The van der Waals surface area contributed by atoms with Crippen molar-refractivity contribution in [2.75, 3.05) is 6.61 Å². The Hall–Kier alpha value is -2.35. The van der Waals surface area contributed by atoms with Gasteiger partial charge < -0.3 is 4.52 Å². The first-order chi connectivity index (χ1) is 11.8. The second-order valence-electron chi connectivity index (χ2n) is 5.21. The zero-order chi connectivity index (χ0) is 18.0. The standard InChI is InChI=1S/C15H12F2NO6P/c16-11-7-10(8-12(17)9-11)15-5-6-22-25(21,24-15)23-14-3-1-13(2-4-14)18(19)20/h1-4,7-9,15H,5-6H2/t15-,25?/m1/s1. The molecular weight excluding hydrogens is 359 g/mol. The molecule has 132 valence electrons. The SMILES string of the molecule is O=[N+]([O-])c1ccc(OP2(=O)OCC[C@H](c3cc(F)cc(F)c3)O2)cc1. The van der Waals surface area contributed by atoms with E-state index >= 15 is 0 Å². The van der Waals surface area contributed by atoms with Crippen LogP contribution in [0.5, 0.6) is 5.75 Å². The Balaban J connectivity index is 1.77. The van der Waals surface area contributed by atoms with Crippen LogP contribution in [0, 0.1) is 21.7 Å². The number of halogens is 2. The summed E-state index contributed by atoms with van der Waals surface area (Å²) in [6, 6.07) is 7.71. The quantitative estimate of drug-likeness (QED) is 0.445. The molecule has 10 heteroatoms. The van der Waals surface area contributed by atoms with Crippen molar-refractivity contribution in [3.63, 3.8) is 0 Å². The van der Waals surface area contributed by atoms with Gasteiger partial charge in [-0.2, -0.15) is 0 Å². The molecule has 1 unspecified atom stereocenters. The fourth-order valence-electron chi connectivity index (χ4n) is 2.30. The van der Waals surface area contributed by atoms with Gasteiger partial charge in [-0.1, -0.05) is 0 Å². The molecule has 0 N–H and O–H groups in total. The Morgan fingerprint density at radius 3 is 2.40 bits per heavy atom. The van der Waals surface area contributed by atoms with Crippen LogP contribution in [0.4, 0.5) is 14.5 Å². The highest BCUT2D eigenvalue weighted by Gasteiger charge is 2.38. The predicted molar refractivity (Wildman–Crippen MR) is 82.1 cm³/mol. The summed E-state index contributed by atoms with van der Waals surface area (Å²) in [6.07, 6.45) is -0.640. The van der Waals surface area contributed by atoms with E-state index in [-0.39, 0.29) is 30.0 Å². The zero-order valence-electron chi connectivity index (χ0n) is 12.6. The number of hydrogen-bond acceptors (Lipinski definition) is 6. The van der Waals surface area contributed by atoms with Crippen LogP contribution in [-0.4, -0.2) is 11.5 Å². The van der Waals surface area contributed by atoms with Crippen LogP contribution in [0.25, 0.3) is 0 Å². The van der Waals surface area contributed by atoms with E-state index in [1.807, 2.05) is 0 Å². The zero-order valence-corrected chi connectivity index (χ0v) is 13.5. The molecule has 3 rings (SSSR count). The summed E-state index contributed by atoms with van der Waals surface area (Å²) in [5, 5.41) is 10.6. The second-order valence-corrected chi connectivity index (χ2v) is 6.75. The molecule has 2 atom stereocenters. The molecule has 0 aromatic heterocycles. The van der Waals surface area contributed by atoms with E-state index in [1.54, 1.807) is 0 Å². The highest BCUT2D eigenvalue weighted by molar-refractivity contribution is 7.49. The third-order valence-electron chi connectivity index (χ3n) is 3.41. The lowest BCUT2D eigenvalue weighted by molar-refractivity contribution is -0.384. The minimum absolute atomic E-state index is 0.00689. The maximum Gasteiger partial charge on any atom is 0.530 e. The van der Waals surface area contributed by atoms with Crippen LogP contribution >= 0.6 is 7.82 Å². The average molecular weight is 371 g/mol. The highest BCUT2D eigenvalue weighted by Crippen LogP contribution is 2.56. The molecular formula is C15H12F2NO6P. The maximum atomic E-state index is 13.3. The van der Waals surface area contributed by atoms with Crippen molar-refractivity contribution >= 4 is 13.5 Å². The Kier molecular flexibility index (Phi) is 4.80. The van der Waals surface area contributed by atoms with E-state index in [0.29, 0.717) is 0 Å². The number of hydrogen-bond donors (Lipinski definition) is 0. The normalized spacial score (nSPS) is 23.2. The van der Waals surface area contributed by atoms with Crippen molar-refractivity contribution in [1.29, 1.82) is 0 Å². The van der Waals surface area contributed by atoms with Crippen LogP contribution in [0.2, 0.25) is 0 Å².